The van der Waals surface area contributed by atoms with E-state index in [-0.39, 0.29) is 23.2 Å². The van der Waals surface area contributed by atoms with Crippen molar-refractivity contribution in [2.75, 3.05) is 0 Å². The Kier molecular flexibility index (Phi) is 11.3. The second-order valence-electron chi connectivity index (χ2n) is 9.65. The van der Waals surface area contributed by atoms with E-state index in [1.165, 1.54) is 0 Å². The molecule has 27 heavy (non-hydrogen) atoms. The lowest BCUT2D eigenvalue weighted by Gasteiger charge is -2.44. The van der Waals surface area contributed by atoms with Crippen LogP contribution in [0.5, 0.6) is 0 Å². The zero-order valence-electron chi connectivity index (χ0n) is 20.2. The molecule has 0 aromatic carbocycles. The van der Waals surface area contributed by atoms with Crippen molar-refractivity contribution in [1.29, 1.82) is 0 Å². The van der Waals surface area contributed by atoms with E-state index in [9.17, 15) is 4.79 Å². The van der Waals surface area contributed by atoms with Crippen molar-refractivity contribution >= 4 is 22.4 Å². The molecule has 0 amide bonds. The van der Waals surface area contributed by atoms with Gasteiger partial charge in [0.25, 0.3) is 0 Å². The molecule has 0 aliphatic carbocycles. The Hall–Kier alpha value is 0.0238. The first-order valence-corrected chi connectivity index (χ1v) is 16.6. The molecule has 0 rings (SSSR count). The fourth-order valence-electron chi connectivity index (χ4n) is 3.58. The molecule has 0 saturated carbocycles. The van der Waals surface area contributed by atoms with E-state index in [1.54, 1.807) is 0 Å². The van der Waals surface area contributed by atoms with E-state index < -0.39 is 16.6 Å². The molecule has 162 valence electrons. The Morgan fingerprint density at radius 1 is 0.926 bits per heavy atom. The lowest BCUT2D eigenvalue weighted by molar-refractivity contribution is -0.121. The average Bonchev–Trinajstić information content (AvgIpc) is 2.58. The zero-order chi connectivity index (χ0) is 21.5. The summed E-state index contributed by atoms with van der Waals surface area (Å²) in [7, 11) is -3.63. The van der Waals surface area contributed by atoms with Crippen molar-refractivity contribution < 1.29 is 13.6 Å². The van der Waals surface area contributed by atoms with Crippen LogP contribution in [0.25, 0.3) is 0 Å². The fourth-order valence-corrected chi connectivity index (χ4v) is 7.92. The third-order valence-corrected chi connectivity index (χ3v) is 16.2. The number of rotatable bonds is 13. The molecule has 5 heteroatoms. The topological polar surface area (TPSA) is 35.5 Å². The molecule has 0 bridgehead atoms. The van der Waals surface area contributed by atoms with E-state index in [0.29, 0.717) is 18.6 Å². The third-order valence-electron chi connectivity index (χ3n) is 7.00. The van der Waals surface area contributed by atoms with Crippen LogP contribution in [-0.4, -0.2) is 34.6 Å². The summed E-state index contributed by atoms with van der Waals surface area (Å²) in [6.45, 7) is 24.6. The summed E-state index contributed by atoms with van der Waals surface area (Å²) in [6, 6.07) is 3.47. The largest absolute Gasteiger partial charge is 0.414 e. The third kappa shape index (κ3) is 7.75. The molecule has 0 N–H and O–H groups in total. The van der Waals surface area contributed by atoms with Gasteiger partial charge in [-0.2, -0.15) is 0 Å². The molecule has 0 aliphatic rings. The zero-order valence-corrected chi connectivity index (χ0v) is 22.2. The molecular weight excluding hydrogens is 368 g/mol. The quantitative estimate of drug-likeness (QED) is 0.298. The monoisotopic (exact) mass is 416 g/mol. The molecule has 3 unspecified atom stereocenters. The van der Waals surface area contributed by atoms with Crippen molar-refractivity contribution in [3.05, 3.63) is 0 Å². The summed E-state index contributed by atoms with van der Waals surface area (Å²) in [5.41, 5.74) is 0. The van der Waals surface area contributed by atoms with Crippen LogP contribution in [0.1, 0.15) is 81.6 Å². The van der Waals surface area contributed by atoms with Crippen LogP contribution in [-0.2, 0) is 13.6 Å². The normalized spacial score (nSPS) is 16.9. The summed E-state index contributed by atoms with van der Waals surface area (Å²) in [5.74, 6) is 0.570. The van der Waals surface area contributed by atoms with E-state index in [4.69, 9.17) is 8.85 Å². The predicted molar refractivity (Wildman–Crippen MR) is 124 cm³/mol. The van der Waals surface area contributed by atoms with Gasteiger partial charge in [-0.15, -0.1) is 0 Å². The second-order valence-corrected chi connectivity index (χ2v) is 19.1. The minimum atomic E-state index is -1.95. The molecule has 3 atom stereocenters. The summed E-state index contributed by atoms with van der Waals surface area (Å²) in [6.07, 6.45) is 2.20. The first-order valence-electron chi connectivity index (χ1n) is 11.2. The van der Waals surface area contributed by atoms with E-state index >= 15 is 0 Å². The van der Waals surface area contributed by atoms with Gasteiger partial charge in [-0.25, -0.2) is 0 Å². The van der Waals surface area contributed by atoms with Gasteiger partial charge in [-0.3, -0.25) is 4.79 Å². The van der Waals surface area contributed by atoms with Gasteiger partial charge in [0.2, 0.25) is 0 Å². The Morgan fingerprint density at radius 2 is 1.41 bits per heavy atom. The Labute approximate surface area is 172 Å². The van der Waals surface area contributed by atoms with Crippen molar-refractivity contribution in [2.45, 2.75) is 130 Å². The number of hydrogen-bond acceptors (Lipinski definition) is 3. The fraction of sp³-hybridized carbons (Fsp3) is 0.955. The molecular formula is C22H48O3Si2. The van der Waals surface area contributed by atoms with Crippen LogP contribution in [0.4, 0.5) is 0 Å². The Balaban J connectivity index is 5.66. The lowest BCUT2D eigenvalue weighted by Crippen LogP contribution is -2.50. The van der Waals surface area contributed by atoms with Gasteiger partial charge in [-0.05, 0) is 49.6 Å². The summed E-state index contributed by atoms with van der Waals surface area (Å²) >= 11 is 0. The number of hydrogen-bond donors (Lipinski definition) is 0. The number of Topliss-reactive ketones (excluding diaryl/α,β-unsaturated/α-hetero) is 1. The van der Waals surface area contributed by atoms with Gasteiger partial charge < -0.3 is 8.85 Å². The van der Waals surface area contributed by atoms with Gasteiger partial charge in [0.15, 0.2) is 16.6 Å². The highest BCUT2D eigenvalue weighted by molar-refractivity contribution is 6.74. The SMILES string of the molecule is CCC(=O)CC(O[Si](C)(C)C(C)(C)C)C(CC)C(C)O[Si](CC)(CC)CC. The molecule has 0 saturated heterocycles. The van der Waals surface area contributed by atoms with Gasteiger partial charge >= 0.3 is 0 Å². The summed E-state index contributed by atoms with van der Waals surface area (Å²) in [5, 5.41) is 0.137. The average molecular weight is 417 g/mol. The summed E-state index contributed by atoms with van der Waals surface area (Å²) in [4.78, 5) is 12.4. The van der Waals surface area contributed by atoms with E-state index in [2.05, 4.69) is 68.5 Å². The lowest BCUT2D eigenvalue weighted by atomic mass is 9.90. The van der Waals surface area contributed by atoms with Gasteiger partial charge in [0.1, 0.15) is 5.78 Å². The maximum atomic E-state index is 12.4. The smallest absolute Gasteiger partial charge is 0.192 e. The number of carbonyl (C=O) groups is 1. The van der Waals surface area contributed by atoms with Gasteiger partial charge in [-0.1, -0.05) is 55.4 Å². The van der Waals surface area contributed by atoms with Crippen LogP contribution in [0.3, 0.4) is 0 Å². The van der Waals surface area contributed by atoms with Crippen LogP contribution >= 0.6 is 0 Å². The minimum absolute atomic E-state index is 0.0318. The van der Waals surface area contributed by atoms with E-state index in [1.807, 2.05) is 6.92 Å². The standard InChI is InChI=1S/C22H48O3Si2/c1-12-19(23)17-21(25-26(10,11)22(7,8)9)20(13-2)18(6)24-27(14-3,15-4)16-5/h18,20-21H,12-17H2,1-11H3. The molecule has 3 nitrogen and oxygen atoms in total. The van der Waals surface area contributed by atoms with Gasteiger partial charge in [0.05, 0.1) is 6.10 Å². The van der Waals surface area contributed by atoms with Crippen LogP contribution in [0.15, 0.2) is 0 Å². The van der Waals surface area contributed by atoms with Crippen molar-refractivity contribution in [1.82, 2.24) is 0 Å². The highest BCUT2D eigenvalue weighted by Crippen LogP contribution is 2.40. The minimum Gasteiger partial charge on any atom is -0.414 e. The maximum Gasteiger partial charge on any atom is 0.192 e. The second kappa shape index (κ2) is 11.3. The van der Waals surface area contributed by atoms with Crippen LogP contribution in [0, 0.1) is 5.92 Å². The van der Waals surface area contributed by atoms with Crippen LogP contribution < -0.4 is 0 Å². The molecule has 0 aromatic rings. The highest BCUT2D eigenvalue weighted by Gasteiger charge is 2.43. The molecule has 0 aliphatic heterocycles. The van der Waals surface area contributed by atoms with Crippen molar-refractivity contribution in [3.8, 4) is 0 Å². The molecule has 0 spiro atoms. The van der Waals surface area contributed by atoms with Crippen molar-refractivity contribution in [3.63, 3.8) is 0 Å². The first-order chi connectivity index (χ1) is 12.3. The number of carbonyl (C=O) groups excluding carboxylic acids is 1. The first kappa shape index (κ1) is 27.0. The number of ketones is 1. The molecule has 0 radical (unpaired) electrons. The maximum absolute atomic E-state index is 12.4. The summed E-state index contributed by atoms with van der Waals surface area (Å²) < 4.78 is 13.6. The molecule has 0 aromatic heterocycles. The predicted octanol–water partition coefficient (Wildman–Crippen LogP) is 7.18. The van der Waals surface area contributed by atoms with Gasteiger partial charge in [0, 0.05) is 24.9 Å². The molecule has 0 heterocycles. The molecule has 0 fully saturated rings. The van der Waals surface area contributed by atoms with Crippen molar-refractivity contribution in [2.24, 2.45) is 5.92 Å². The highest BCUT2D eigenvalue weighted by atomic mass is 28.4. The Bertz CT molecular complexity index is 431. The Morgan fingerprint density at radius 3 is 1.74 bits per heavy atom. The van der Waals surface area contributed by atoms with E-state index in [0.717, 1.165) is 24.6 Å². The van der Waals surface area contributed by atoms with Crippen LogP contribution in [0.2, 0.25) is 36.3 Å².